The van der Waals surface area contributed by atoms with Crippen LogP contribution in [0.3, 0.4) is 0 Å². The van der Waals surface area contributed by atoms with Gasteiger partial charge >= 0.3 is 0 Å². The third-order valence-corrected chi connectivity index (χ3v) is 4.62. The SMILES string of the molecule is O=C1CCCCC1C1CCCN1Cc1ccncc1. The summed E-state index contributed by atoms with van der Waals surface area (Å²) in [6.45, 7) is 2.10. The summed E-state index contributed by atoms with van der Waals surface area (Å²) in [7, 11) is 0. The Kier molecular flexibility index (Phi) is 3.92. The fourth-order valence-corrected chi connectivity index (χ4v) is 3.64. The number of rotatable bonds is 3. The van der Waals surface area contributed by atoms with Crippen molar-refractivity contribution in [2.75, 3.05) is 6.54 Å². The Bertz CT molecular complexity index is 432. The highest BCUT2D eigenvalue weighted by atomic mass is 16.1. The van der Waals surface area contributed by atoms with Crippen LogP contribution in [0.5, 0.6) is 0 Å². The van der Waals surface area contributed by atoms with Gasteiger partial charge in [-0.15, -0.1) is 0 Å². The Morgan fingerprint density at radius 1 is 1.16 bits per heavy atom. The zero-order valence-corrected chi connectivity index (χ0v) is 11.4. The first-order valence-corrected chi connectivity index (χ1v) is 7.50. The van der Waals surface area contributed by atoms with E-state index in [2.05, 4.69) is 22.0 Å². The molecular formula is C16H22N2O. The van der Waals surface area contributed by atoms with Crippen LogP contribution < -0.4 is 0 Å². The number of ketones is 1. The summed E-state index contributed by atoms with van der Waals surface area (Å²) in [4.78, 5) is 18.7. The lowest BCUT2D eigenvalue weighted by Gasteiger charge is -2.33. The van der Waals surface area contributed by atoms with Crippen LogP contribution in [0.25, 0.3) is 0 Å². The highest BCUT2D eigenvalue weighted by Gasteiger charge is 2.36. The summed E-state index contributed by atoms with van der Waals surface area (Å²) in [6, 6.07) is 4.65. The Morgan fingerprint density at radius 2 is 2.00 bits per heavy atom. The van der Waals surface area contributed by atoms with E-state index in [0.717, 1.165) is 32.4 Å². The van der Waals surface area contributed by atoms with E-state index in [9.17, 15) is 4.79 Å². The number of hydrogen-bond acceptors (Lipinski definition) is 3. The molecule has 1 aliphatic heterocycles. The summed E-state index contributed by atoms with van der Waals surface area (Å²) in [5.41, 5.74) is 1.31. The topological polar surface area (TPSA) is 33.2 Å². The third-order valence-electron chi connectivity index (χ3n) is 4.62. The first-order chi connectivity index (χ1) is 9.34. The summed E-state index contributed by atoms with van der Waals surface area (Å²) < 4.78 is 0. The molecule has 1 saturated carbocycles. The van der Waals surface area contributed by atoms with E-state index in [1.807, 2.05) is 12.4 Å². The molecule has 1 aromatic rings. The molecule has 0 bridgehead atoms. The summed E-state index contributed by atoms with van der Waals surface area (Å²) in [6.07, 6.45) is 10.4. The predicted molar refractivity (Wildman–Crippen MR) is 74.6 cm³/mol. The highest BCUT2D eigenvalue weighted by Crippen LogP contribution is 2.33. The maximum atomic E-state index is 12.1. The second-order valence-electron chi connectivity index (χ2n) is 5.85. The first kappa shape index (κ1) is 12.8. The fourth-order valence-electron chi connectivity index (χ4n) is 3.64. The summed E-state index contributed by atoms with van der Waals surface area (Å²) in [5, 5.41) is 0. The minimum Gasteiger partial charge on any atom is -0.299 e. The van der Waals surface area contributed by atoms with Crippen molar-refractivity contribution in [3.63, 3.8) is 0 Å². The second kappa shape index (κ2) is 5.83. The van der Waals surface area contributed by atoms with Crippen LogP contribution in [-0.4, -0.2) is 28.3 Å². The van der Waals surface area contributed by atoms with Crippen molar-refractivity contribution >= 4 is 5.78 Å². The van der Waals surface area contributed by atoms with Gasteiger partial charge in [0.05, 0.1) is 0 Å². The molecule has 2 unspecified atom stereocenters. The Labute approximate surface area is 115 Å². The number of carbonyl (C=O) groups excluding carboxylic acids is 1. The van der Waals surface area contributed by atoms with Gasteiger partial charge in [0.2, 0.25) is 0 Å². The molecule has 0 amide bonds. The van der Waals surface area contributed by atoms with Gasteiger partial charge in [0.1, 0.15) is 5.78 Å². The standard InChI is InChI=1S/C16H22N2O/c19-16-6-2-1-4-14(16)15-5-3-11-18(15)12-13-7-9-17-10-8-13/h7-10,14-15H,1-6,11-12H2. The lowest BCUT2D eigenvalue weighted by atomic mass is 9.82. The minimum atomic E-state index is 0.304. The molecule has 3 nitrogen and oxygen atoms in total. The molecular weight excluding hydrogens is 236 g/mol. The molecule has 19 heavy (non-hydrogen) atoms. The number of likely N-dealkylation sites (tertiary alicyclic amines) is 1. The third kappa shape index (κ3) is 2.86. The van der Waals surface area contributed by atoms with Crippen molar-refractivity contribution in [3.8, 4) is 0 Å². The molecule has 3 rings (SSSR count). The lowest BCUT2D eigenvalue weighted by Crippen LogP contribution is -2.40. The van der Waals surface area contributed by atoms with Crippen molar-refractivity contribution in [2.45, 2.75) is 51.1 Å². The van der Waals surface area contributed by atoms with Gasteiger partial charge in [0.15, 0.2) is 0 Å². The Balaban J connectivity index is 1.69. The molecule has 0 radical (unpaired) electrons. The van der Waals surface area contributed by atoms with Crippen LogP contribution in [0.2, 0.25) is 0 Å². The van der Waals surface area contributed by atoms with Crippen molar-refractivity contribution in [1.82, 2.24) is 9.88 Å². The summed E-state index contributed by atoms with van der Waals surface area (Å²) >= 11 is 0. The van der Waals surface area contributed by atoms with Crippen LogP contribution in [0, 0.1) is 5.92 Å². The lowest BCUT2D eigenvalue weighted by molar-refractivity contribution is -0.126. The van der Waals surface area contributed by atoms with Gasteiger partial charge in [-0.1, -0.05) is 6.42 Å². The zero-order chi connectivity index (χ0) is 13.1. The van der Waals surface area contributed by atoms with Crippen LogP contribution in [0.4, 0.5) is 0 Å². The molecule has 1 aliphatic carbocycles. The van der Waals surface area contributed by atoms with Crippen LogP contribution in [0.1, 0.15) is 44.1 Å². The molecule has 102 valence electrons. The van der Waals surface area contributed by atoms with Gasteiger partial charge in [0, 0.05) is 37.3 Å². The molecule has 0 spiro atoms. The molecule has 1 saturated heterocycles. The molecule has 2 atom stereocenters. The van der Waals surface area contributed by atoms with E-state index >= 15 is 0 Å². The van der Waals surface area contributed by atoms with Gasteiger partial charge in [-0.05, 0) is 49.9 Å². The quantitative estimate of drug-likeness (QED) is 0.836. The number of Topliss-reactive ketones (excluding diaryl/α,β-unsaturated/α-hetero) is 1. The van der Waals surface area contributed by atoms with Gasteiger partial charge < -0.3 is 0 Å². The number of nitrogens with zero attached hydrogens (tertiary/aromatic N) is 2. The van der Waals surface area contributed by atoms with Crippen molar-refractivity contribution in [3.05, 3.63) is 30.1 Å². The van der Waals surface area contributed by atoms with E-state index < -0.39 is 0 Å². The fraction of sp³-hybridized carbons (Fsp3) is 0.625. The molecule has 2 fully saturated rings. The van der Waals surface area contributed by atoms with E-state index in [-0.39, 0.29) is 0 Å². The highest BCUT2D eigenvalue weighted by molar-refractivity contribution is 5.82. The van der Waals surface area contributed by atoms with Gasteiger partial charge in [-0.3, -0.25) is 14.7 Å². The first-order valence-electron chi connectivity index (χ1n) is 7.50. The number of aromatic nitrogens is 1. The van der Waals surface area contributed by atoms with Crippen molar-refractivity contribution in [1.29, 1.82) is 0 Å². The molecule has 2 aliphatic rings. The summed E-state index contributed by atoms with van der Waals surface area (Å²) in [5.74, 6) is 0.816. The maximum absolute atomic E-state index is 12.1. The van der Waals surface area contributed by atoms with E-state index in [0.29, 0.717) is 17.7 Å². The van der Waals surface area contributed by atoms with E-state index in [1.165, 1.54) is 24.8 Å². The molecule has 0 aromatic carbocycles. The monoisotopic (exact) mass is 258 g/mol. The largest absolute Gasteiger partial charge is 0.299 e. The average molecular weight is 258 g/mol. The number of carbonyl (C=O) groups is 1. The predicted octanol–water partition coefficient (Wildman–Crippen LogP) is 2.81. The average Bonchev–Trinajstić information content (AvgIpc) is 2.88. The zero-order valence-electron chi connectivity index (χ0n) is 11.4. The smallest absolute Gasteiger partial charge is 0.137 e. The van der Waals surface area contributed by atoms with Gasteiger partial charge in [0.25, 0.3) is 0 Å². The van der Waals surface area contributed by atoms with E-state index in [4.69, 9.17) is 0 Å². The van der Waals surface area contributed by atoms with Crippen LogP contribution in [0.15, 0.2) is 24.5 Å². The maximum Gasteiger partial charge on any atom is 0.137 e. The number of hydrogen-bond donors (Lipinski definition) is 0. The van der Waals surface area contributed by atoms with Crippen molar-refractivity contribution in [2.24, 2.45) is 5.92 Å². The van der Waals surface area contributed by atoms with Crippen LogP contribution >= 0.6 is 0 Å². The van der Waals surface area contributed by atoms with Crippen molar-refractivity contribution < 1.29 is 4.79 Å². The number of pyridine rings is 1. The second-order valence-corrected chi connectivity index (χ2v) is 5.85. The van der Waals surface area contributed by atoms with Crippen LogP contribution in [-0.2, 0) is 11.3 Å². The molecule has 0 N–H and O–H groups in total. The normalized spacial score (nSPS) is 28.7. The molecule has 1 aromatic heterocycles. The Hall–Kier alpha value is -1.22. The van der Waals surface area contributed by atoms with E-state index in [1.54, 1.807) is 0 Å². The Morgan fingerprint density at radius 3 is 2.79 bits per heavy atom. The molecule has 2 heterocycles. The minimum absolute atomic E-state index is 0.304. The van der Waals surface area contributed by atoms with Gasteiger partial charge in [-0.2, -0.15) is 0 Å². The van der Waals surface area contributed by atoms with Gasteiger partial charge in [-0.25, -0.2) is 0 Å². The molecule has 3 heteroatoms.